The van der Waals surface area contributed by atoms with Crippen LogP contribution in [0.25, 0.3) is 44.1 Å². The highest BCUT2D eigenvalue weighted by Crippen LogP contribution is 2.34. The van der Waals surface area contributed by atoms with Gasteiger partial charge in [-0.3, -0.25) is 15.0 Å². The fourth-order valence-electron chi connectivity index (χ4n) is 3.42. The third kappa shape index (κ3) is 2.42. The summed E-state index contributed by atoms with van der Waals surface area (Å²) in [5, 5.41) is 2.21. The minimum atomic E-state index is 0.937. The first-order chi connectivity index (χ1) is 12.9. The SMILES string of the molecule is c1cncc(-c2cccc(-c3cc4cccnc4c4ncccc34)c2)c1. The van der Waals surface area contributed by atoms with Gasteiger partial charge in [0.05, 0.1) is 11.0 Å². The predicted molar refractivity (Wildman–Crippen MR) is 106 cm³/mol. The smallest absolute Gasteiger partial charge is 0.0970 e. The van der Waals surface area contributed by atoms with E-state index >= 15 is 0 Å². The molecule has 122 valence electrons. The van der Waals surface area contributed by atoms with Crippen molar-refractivity contribution < 1.29 is 0 Å². The first-order valence-electron chi connectivity index (χ1n) is 8.53. The second-order valence-electron chi connectivity index (χ2n) is 6.22. The van der Waals surface area contributed by atoms with E-state index in [-0.39, 0.29) is 0 Å². The average Bonchev–Trinajstić information content (AvgIpc) is 2.74. The van der Waals surface area contributed by atoms with Crippen molar-refractivity contribution >= 4 is 21.8 Å². The normalized spacial score (nSPS) is 11.1. The van der Waals surface area contributed by atoms with Crippen molar-refractivity contribution in [3.05, 3.63) is 91.5 Å². The summed E-state index contributed by atoms with van der Waals surface area (Å²) >= 11 is 0. The van der Waals surface area contributed by atoms with Gasteiger partial charge in [0.25, 0.3) is 0 Å². The summed E-state index contributed by atoms with van der Waals surface area (Å²) in [6, 6.07) is 22.9. The number of aromatic nitrogens is 3. The molecule has 0 saturated heterocycles. The molecule has 0 spiro atoms. The molecule has 0 aliphatic heterocycles. The van der Waals surface area contributed by atoms with Crippen LogP contribution < -0.4 is 0 Å². The van der Waals surface area contributed by atoms with Crippen LogP contribution in [-0.2, 0) is 0 Å². The lowest BCUT2D eigenvalue weighted by atomic mass is 9.95. The van der Waals surface area contributed by atoms with Crippen molar-refractivity contribution in [3.63, 3.8) is 0 Å². The number of hydrogen-bond donors (Lipinski definition) is 0. The molecule has 0 unspecified atom stereocenters. The van der Waals surface area contributed by atoms with Gasteiger partial charge in [0, 0.05) is 41.1 Å². The van der Waals surface area contributed by atoms with Gasteiger partial charge in [0.2, 0.25) is 0 Å². The van der Waals surface area contributed by atoms with Crippen LogP contribution in [0.2, 0.25) is 0 Å². The molecule has 0 atom stereocenters. The summed E-state index contributed by atoms with van der Waals surface area (Å²) in [6.07, 6.45) is 7.33. The van der Waals surface area contributed by atoms with Crippen LogP contribution >= 0.6 is 0 Å². The number of nitrogens with zero attached hydrogens (tertiary/aromatic N) is 3. The predicted octanol–water partition coefficient (Wildman–Crippen LogP) is 5.51. The Morgan fingerprint density at radius 1 is 0.577 bits per heavy atom. The van der Waals surface area contributed by atoms with Gasteiger partial charge >= 0.3 is 0 Å². The Balaban J connectivity index is 1.79. The Labute approximate surface area is 151 Å². The molecule has 5 aromatic rings. The quantitative estimate of drug-likeness (QED) is 0.400. The van der Waals surface area contributed by atoms with Crippen LogP contribution in [0.5, 0.6) is 0 Å². The maximum Gasteiger partial charge on any atom is 0.0970 e. The molecule has 5 rings (SSSR count). The highest BCUT2D eigenvalue weighted by molar-refractivity contribution is 6.10. The van der Waals surface area contributed by atoms with E-state index in [9.17, 15) is 0 Å². The molecule has 0 aliphatic carbocycles. The molecule has 3 aromatic heterocycles. The van der Waals surface area contributed by atoms with E-state index in [0.717, 1.165) is 38.5 Å². The van der Waals surface area contributed by atoms with Gasteiger partial charge < -0.3 is 0 Å². The van der Waals surface area contributed by atoms with Gasteiger partial charge in [-0.1, -0.05) is 36.4 Å². The summed E-state index contributed by atoms with van der Waals surface area (Å²) in [5.41, 5.74) is 6.47. The molecular formula is C23H15N3. The molecule has 0 bridgehead atoms. The average molecular weight is 333 g/mol. The van der Waals surface area contributed by atoms with Gasteiger partial charge in [-0.05, 0) is 47.0 Å². The zero-order valence-corrected chi connectivity index (χ0v) is 14.0. The first kappa shape index (κ1) is 14.7. The second kappa shape index (κ2) is 6.05. The van der Waals surface area contributed by atoms with Crippen molar-refractivity contribution in [2.75, 3.05) is 0 Å². The molecular weight excluding hydrogens is 318 g/mol. The molecule has 0 aliphatic rings. The highest BCUT2D eigenvalue weighted by atomic mass is 14.7. The lowest BCUT2D eigenvalue weighted by Crippen LogP contribution is -1.89. The van der Waals surface area contributed by atoms with Gasteiger partial charge in [-0.15, -0.1) is 0 Å². The number of pyridine rings is 3. The van der Waals surface area contributed by atoms with Crippen molar-refractivity contribution in [3.8, 4) is 22.3 Å². The zero-order valence-electron chi connectivity index (χ0n) is 14.0. The molecule has 0 radical (unpaired) electrons. The summed E-state index contributed by atoms with van der Waals surface area (Å²) < 4.78 is 0. The second-order valence-corrected chi connectivity index (χ2v) is 6.22. The van der Waals surface area contributed by atoms with Gasteiger partial charge in [0.1, 0.15) is 0 Å². The van der Waals surface area contributed by atoms with E-state index in [4.69, 9.17) is 0 Å². The summed E-state index contributed by atoms with van der Waals surface area (Å²) in [4.78, 5) is 13.4. The fraction of sp³-hybridized carbons (Fsp3) is 0. The molecule has 0 fully saturated rings. The van der Waals surface area contributed by atoms with Crippen LogP contribution in [0.3, 0.4) is 0 Å². The fourth-order valence-corrected chi connectivity index (χ4v) is 3.42. The molecule has 2 aromatic carbocycles. The van der Waals surface area contributed by atoms with Crippen LogP contribution in [0.1, 0.15) is 0 Å². The summed E-state index contributed by atoms with van der Waals surface area (Å²) in [6.45, 7) is 0. The van der Waals surface area contributed by atoms with Crippen LogP contribution in [0.15, 0.2) is 91.5 Å². The van der Waals surface area contributed by atoms with Gasteiger partial charge in [-0.2, -0.15) is 0 Å². The monoisotopic (exact) mass is 333 g/mol. The molecule has 3 nitrogen and oxygen atoms in total. The summed E-state index contributed by atoms with van der Waals surface area (Å²) in [5.74, 6) is 0. The van der Waals surface area contributed by atoms with Crippen molar-refractivity contribution in [2.24, 2.45) is 0 Å². The number of rotatable bonds is 2. The summed E-state index contributed by atoms with van der Waals surface area (Å²) in [7, 11) is 0. The van der Waals surface area contributed by atoms with Crippen molar-refractivity contribution in [2.45, 2.75) is 0 Å². The molecule has 3 heterocycles. The van der Waals surface area contributed by atoms with Gasteiger partial charge in [-0.25, -0.2) is 0 Å². The first-order valence-corrected chi connectivity index (χ1v) is 8.53. The lowest BCUT2D eigenvalue weighted by molar-refractivity contribution is 1.33. The van der Waals surface area contributed by atoms with Gasteiger partial charge in [0.15, 0.2) is 0 Å². The largest absolute Gasteiger partial charge is 0.264 e. The van der Waals surface area contributed by atoms with Crippen LogP contribution in [0, 0.1) is 0 Å². The van der Waals surface area contributed by atoms with E-state index in [2.05, 4.69) is 63.5 Å². The Morgan fingerprint density at radius 2 is 1.35 bits per heavy atom. The number of benzene rings is 2. The maximum atomic E-state index is 4.60. The zero-order chi connectivity index (χ0) is 17.3. The van der Waals surface area contributed by atoms with E-state index in [1.807, 2.05) is 36.8 Å². The van der Waals surface area contributed by atoms with E-state index in [1.54, 1.807) is 6.20 Å². The Kier molecular flexibility index (Phi) is 3.42. The highest BCUT2D eigenvalue weighted by Gasteiger charge is 2.10. The van der Waals surface area contributed by atoms with Crippen molar-refractivity contribution in [1.29, 1.82) is 0 Å². The molecule has 0 N–H and O–H groups in total. The number of fused-ring (bicyclic) bond motifs is 3. The van der Waals surface area contributed by atoms with Crippen molar-refractivity contribution in [1.82, 2.24) is 15.0 Å². The van der Waals surface area contributed by atoms with E-state index in [0.29, 0.717) is 0 Å². The molecule has 0 saturated carbocycles. The molecule has 26 heavy (non-hydrogen) atoms. The minimum absolute atomic E-state index is 0.937. The standard InChI is InChI=1S/C23H15N3/c1-5-16(19-8-2-10-24-15-19)13-17(6-1)21-14-18-7-3-11-25-22(18)23-20(21)9-4-12-26-23/h1-15H. The Hall–Kier alpha value is -3.59. The maximum absolute atomic E-state index is 4.60. The number of hydrogen-bond acceptors (Lipinski definition) is 3. The van der Waals surface area contributed by atoms with Crippen LogP contribution in [0.4, 0.5) is 0 Å². The topological polar surface area (TPSA) is 38.7 Å². The van der Waals surface area contributed by atoms with E-state index < -0.39 is 0 Å². The third-order valence-corrected chi connectivity index (χ3v) is 4.63. The molecule has 0 amide bonds. The van der Waals surface area contributed by atoms with E-state index in [1.165, 1.54) is 5.56 Å². The Bertz CT molecular complexity index is 1230. The van der Waals surface area contributed by atoms with Crippen LogP contribution in [-0.4, -0.2) is 15.0 Å². The Morgan fingerprint density at radius 3 is 2.23 bits per heavy atom. The lowest BCUT2D eigenvalue weighted by Gasteiger charge is -2.11. The third-order valence-electron chi connectivity index (χ3n) is 4.63. The minimum Gasteiger partial charge on any atom is -0.264 e. The molecule has 3 heteroatoms.